The van der Waals surface area contributed by atoms with Crippen LogP contribution in [-0.2, 0) is 6.42 Å². The number of aromatic nitrogens is 1. The smallest absolute Gasteiger partial charge is 0.137 e. The van der Waals surface area contributed by atoms with Crippen molar-refractivity contribution in [1.29, 1.82) is 0 Å². The molecule has 2 aromatic rings. The standard InChI is InChI=1S/C13H15NO3/c1-16-13-7-3-2-6-11(13)12-9-10(17-14-12)5-4-8-15/h2-3,6-7,9,15H,4-5,8H2,1H3. The van der Waals surface area contributed by atoms with E-state index in [1.165, 1.54) is 0 Å². The number of ether oxygens (including phenoxy) is 1. The fourth-order valence-electron chi connectivity index (χ4n) is 1.67. The fraction of sp³-hybridized carbons (Fsp3) is 0.308. The first-order chi connectivity index (χ1) is 8.35. The van der Waals surface area contributed by atoms with E-state index in [-0.39, 0.29) is 6.61 Å². The zero-order valence-electron chi connectivity index (χ0n) is 9.72. The van der Waals surface area contributed by atoms with Gasteiger partial charge < -0.3 is 14.4 Å². The second-order valence-electron chi connectivity index (χ2n) is 3.71. The molecule has 0 aliphatic heterocycles. The highest BCUT2D eigenvalue weighted by molar-refractivity contribution is 5.66. The Labute approximate surface area is 99.8 Å². The Morgan fingerprint density at radius 2 is 2.18 bits per heavy atom. The Kier molecular flexibility index (Phi) is 3.77. The molecule has 0 saturated heterocycles. The van der Waals surface area contributed by atoms with Crippen molar-refractivity contribution in [3.05, 3.63) is 36.1 Å². The molecule has 0 aliphatic rings. The first-order valence-electron chi connectivity index (χ1n) is 5.55. The lowest BCUT2D eigenvalue weighted by molar-refractivity contribution is 0.280. The molecule has 0 amide bonds. The summed E-state index contributed by atoms with van der Waals surface area (Å²) in [6.45, 7) is 0.157. The summed E-state index contributed by atoms with van der Waals surface area (Å²) in [5.74, 6) is 1.55. The van der Waals surface area contributed by atoms with E-state index in [1.807, 2.05) is 30.3 Å². The van der Waals surface area contributed by atoms with Gasteiger partial charge in [0.2, 0.25) is 0 Å². The van der Waals surface area contributed by atoms with Crippen LogP contribution in [0.15, 0.2) is 34.9 Å². The molecule has 4 nitrogen and oxygen atoms in total. The Morgan fingerprint density at radius 3 is 2.94 bits per heavy atom. The summed E-state index contributed by atoms with van der Waals surface area (Å²) in [4.78, 5) is 0. The molecule has 17 heavy (non-hydrogen) atoms. The predicted molar refractivity (Wildman–Crippen MR) is 63.9 cm³/mol. The molecular weight excluding hydrogens is 218 g/mol. The van der Waals surface area contributed by atoms with Crippen molar-refractivity contribution in [3.8, 4) is 17.0 Å². The van der Waals surface area contributed by atoms with Crippen LogP contribution in [0.1, 0.15) is 12.2 Å². The van der Waals surface area contributed by atoms with E-state index in [2.05, 4.69) is 5.16 Å². The Balaban J connectivity index is 2.24. The van der Waals surface area contributed by atoms with Gasteiger partial charge in [0.05, 0.1) is 7.11 Å². The number of aliphatic hydroxyl groups is 1. The molecule has 2 rings (SSSR count). The second-order valence-corrected chi connectivity index (χ2v) is 3.71. The van der Waals surface area contributed by atoms with Crippen LogP contribution in [0.4, 0.5) is 0 Å². The summed E-state index contributed by atoms with van der Waals surface area (Å²) < 4.78 is 10.5. The van der Waals surface area contributed by atoms with E-state index >= 15 is 0 Å². The molecule has 0 unspecified atom stereocenters. The minimum atomic E-state index is 0.157. The molecule has 1 aromatic heterocycles. The van der Waals surface area contributed by atoms with Crippen LogP contribution >= 0.6 is 0 Å². The summed E-state index contributed by atoms with van der Waals surface area (Å²) in [5.41, 5.74) is 1.67. The number of hydrogen-bond donors (Lipinski definition) is 1. The van der Waals surface area contributed by atoms with Gasteiger partial charge in [0, 0.05) is 24.7 Å². The molecule has 0 fully saturated rings. The third kappa shape index (κ3) is 2.65. The van der Waals surface area contributed by atoms with Crippen LogP contribution in [0.25, 0.3) is 11.3 Å². The van der Waals surface area contributed by atoms with Crippen LogP contribution in [0.5, 0.6) is 5.75 Å². The summed E-state index contributed by atoms with van der Waals surface area (Å²) >= 11 is 0. The van der Waals surface area contributed by atoms with Crippen molar-refractivity contribution in [3.63, 3.8) is 0 Å². The van der Waals surface area contributed by atoms with Crippen molar-refractivity contribution >= 4 is 0 Å². The number of benzene rings is 1. The highest BCUT2D eigenvalue weighted by Crippen LogP contribution is 2.29. The van der Waals surface area contributed by atoms with Gasteiger partial charge in [0.1, 0.15) is 17.2 Å². The van der Waals surface area contributed by atoms with Gasteiger partial charge in [-0.25, -0.2) is 0 Å². The Bertz CT molecular complexity index is 479. The van der Waals surface area contributed by atoms with Gasteiger partial charge in [-0.15, -0.1) is 0 Å². The average Bonchev–Trinajstić information content (AvgIpc) is 2.85. The quantitative estimate of drug-likeness (QED) is 0.860. The molecule has 0 aliphatic carbocycles. The van der Waals surface area contributed by atoms with Crippen LogP contribution in [-0.4, -0.2) is 24.0 Å². The van der Waals surface area contributed by atoms with Gasteiger partial charge in [-0.2, -0.15) is 0 Å². The molecular formula is C13H15NO3. The van der Waals surface area contributed by atoms with Crippen molar-refractivity contribution in [2.24, 2.45) is 0 Å². The van der Waals surface area contributed by atoms with E-state index in [4.69, 9.17) is 14.4 Å². The van der Waals surface area contributed by atoms with E-state index in [1.54, 1.807) is 7.11 Å². The van der Waals surface area contributed by atoms with Crippen molar-refractivity contribution in [1.82, 2.24) is 5.16 Å². The predicted octanol–water partition coefficient (Wildman–Crippen LogP) is 2.28. The van der Waals surface area contributed by atoms with Gasteiger partial charge in [0.15, 0.2) is 0 Å². The Hall–Kier alpha value is -1.81. The largest absolute Gasteiger partial charge is 0.496 e. The van der Waals surface area contributed by atoms with Gasteiger partial charge >= 0.3 is 0 Å². The van der Waals surface area contributed by atoms with E-state index in [9.17, 15) is 0 Å². The zero-order valence-corrected chi connectivity index (χ0v) is 9.72. The topological polar surface area (TPSA) is 55.5 Å². The number of aliphatic hydroxyl groups excluding tert-OH is 1. The molecule has 4 heteroatoms. The minimum Gasteiger partial charge on any atom is -0.496 e. The van der Waals surface area contributed by atoms with E-state index in [0.29, 0.717) is 12.8 Å². The van der Waals surface area contributed by atoms with Crippen molar-refractivity contribution in [2.75, 3.05) is 13.7 Å². The molecule has 0 bridgehead atoms. The number of aryl methyl sites for hydroxylation is 1. The maximum absolute atomic E-state index is 8.75. The lowest BCUT2D eigenvalue weighted by atomic mass is 10.1. The maximum atomic E-state index is 8.75. The van der Waals surface area contributed by atoms with Crippen LogP contribution in [0.3, 0.4) is 0 Å². The molecule has 0 saturated carbocycles. The fourth-order valence-corrected chi connectivity index (χ4v) is 1.67. The number of rotatable bonds is 5. The highest BCUT2D eigenvalue weighted by atomic mass is 16.5. The first-order valence-corrected chi connectivity index (χ1v) is 5.55. The van der Waals surface area contributed by atoms with E-state index in [0.717, 1.165) is 22.8 Å². The van der Waals surface area contributed by atoms with Gasteiger partial charge in [-0.05, 0) is 18.6 Å². The maximum Gasteiger partial charge on any atom is 0.137 e. The normalized spacial score (nSPS) is 10.5. The number of para-hydroxylation sites is 1. The number of hydrogen-bond acceptors (Lipinski definition) is 4. The van der Waals surface area contributed by atoms with E-state index < -0.39 is 0 Å². The highest BCUT2D eigenvalue weighted by Gasteiger charge is 2.10. The first kappa shape index (κ1) is 11.7. The third-order valence-electron chi connectivity index (χ3n) is 2.52. The number of nitrogens with zero attached hydrogens (tertiary/aromatic N) is 1. The van der Waals surface area contributed by atoms with Crippen molar-refractivity contribution in [2.45, 2.75) is 12.8 Å². The van der Waals surface area contributed by atoms with Gasteiger partial charge in [0.25, 0.3) is 0 Å². The molecule has 1 N–H and O–H groups in total. The lowest BCUT2D eigenvalue weighted by Crippen LogP contribution is -1.87. The minimum absolute atomic E-state index is 0.157. The molecule has 1 heterocycles. The summed E-state index contributed by atoms with van der Waals surface area (Å²) in [6, 6.07) is 9.55. The second kappa shape index (κ2) is 5.50. The van der Waals surface area contributed by atoms with Gasteiger partial charge in [-0.1, -0.05) is 17.3 Å². The summed E-state index contributed by atoms with van der Waals surface area (Å²) in [6.07, 6.45) is 1.37. The zero-order chi connectivity index (χ0) is 12.1. The molecule has 0 atom stereocenters. The Morgan fingerprint density at radius 1 is 1.35 bits per heavy atom. The lowest BCUT2D eigenvalue weighted by Gasteiger charge is -2.03. The monoisotopic (exact) mass is 233 g/mol. The molecule has 0 radical (unpaired) electrons. The third-order valence-corrected chi connectivity index (χ3v) is 2.52. The summed E-state index contributed by atoms with van der Waals surface area (Å²) in [5, 5.41) is 12.8. The van der Waals surface area contributed by atoms with Crippen LogP contribution < -0.4 is 4.74 Å². The average molecular weight is 233 g/mol. The van der Waals surface area contributed by atoms with Crippen LogP contribution in [0.2, 0.25) is 0 Å². The number of methoxy groups -OCH3 is 1. The van der Waals surface area contributed by atoms with Gasteiger partial charge in [-0.3, -0.25) is 0 Å². The molecule has 0 spiro atoms. The summed E-state index contributed by atoms with van der Waals surface area (Å²) in [7, 11) is 1.63. The SMILES string of the molecule is COc1ccccc1-c1cc(CCCO)on1. The molecule has 90 valence electrons. The van der Waals surface area contributed by atoms with Crippen LogP contribution in [0, 0.1) is 0 Å². The molecule has 1 aromatic carbocycles. The van der Waals surface area contributed by atoms with Crippen molar-refractivity contribution < 1.29 is 14.4 Å².